The number of carbonyl (C=O) groups is 10. The van der Waals surface area contributed by atoms with Crippen molar-refractivity contribution < 1.29 is 53.1 Å². The molecule has 2 aliphatic rings. The van der Waals surface area contributed by atoms with Gasteiger partial charge in [0.2, 0.25) is 53.2 Å². The first-order valence-electron chi connectivity index (χ1n) is 26.5. The molecule has 1 aromatic rings. The summed E-state index contributed by atoms with van der Waals surface area (Å²) < 4.78 is 0. The molecule has 0 aliphatic carbocycles. The lowest BCUT2D eigenvalue weighted by Crippen LogP contribution is -2.62. The fourth-order valence-electron chi connectivity index (χ4n) is 9.26. The molecule has 426 valence electrons. The van der Waals surface area contributed by atoms with Crippen molar-refractivity contribution in [1.82, 2.24) is 51.7 Å². The van der Waals surface area contributed by atoms with Crippen LogP contribution >= 0.6 is 0 Å². The van der Waals surface area contributed by atoms with Crippen molar-refractivity contribution in [3.8, 4) is 0 Å². The number of aromatic amines is 1. The zero-order chi connectivity index (χ0) is 57.0. The number of guanidine groups is 1. The fraction of sp³-hybridized carbons (Fsp3) is 0.720. The highest BCUT2D eigenvalue weighted by molar-refractivity contribution is 5.99. The first-order chi connectivity index (χ1) is 35.8. The highest BCUT2D eigenvalue weighted by Gasteiger charge is 2.45. The standard InChI is InChI=1S/C50H85N15O11/c1-9-28(7)39(45(71)58-32(14-11-17-56-50(53)54)42(68)61-35(49(75)76)21-27(5)6)63-46(72)40(29(8)10-2)62-43(69)33(22-30-24-55-25-57-30)59-44(70)36-15-12-18-64(36)48(74)37-16-13-19-65(37)47(73)34(20-26(3)4)60-41(67)31(51)23-38(52)66/h24-29,31-37,39-40H,9-23,51H2,1-8H3,(H2,52,66)(H,55,57)(H,58,71)(H,59,70)(H,60,67)(H,61,68)(H,62,69)(H,63,72)(H,75,76)(H4,53,54,56)/t28-,29-,31-,32-,33-,34-,35-,36-,37-,39-,40-/m0/s1. The van der Waals surface area contributed by atoms with Crippen molar-refractivity contribution in [3.63, 3.8) is 0 Å². The van der Waals surface area contributed by atoms with E-state index in [9.17, 15) is 53.1 Å². The second-order valence-corrected chi connectivity index (χ2v) is 21.0. The zero-order valence-electron chi connectivity index (χ0n) is 45.4. The van der Waals surface area contributed by atoms with E-state index in [4.69, 9.17) is 22.9 Å². The van der Waals surface area contributed by atoms with Crippen LogP contribution in [-0.2, 0) is 54.4 Å². The molecular weight excluding hydrogens is 987 g/mol. The minimum atomic E-state index is -1.31. The molecule has 3 rings (SSSR count). The molecule has 0 spiro atoms. The lowest BCUT2D eigenvalue weighted by atomic mass is 9.94. The summed E-state index contributed by atoms with van der Waals surface area (Å²) in [5, 5.41) is 26.1. The van der Waals surface area contributed by atoms with Gasteiger partial charge in [0.15, 0.2) is 5.96 Å². The van der Waals surface area contributed by atoms with Crippen molar-refractivity contribution >= 4 is 65.1 Å². The predicted molar refractivity (Wildman–Crippen MR) is 280 cm³/mol. The molecule has 3 heterocycles. The van der Waals surface area contributed by atoms with Crippen molar-refractivity contribution in [2.45, 2.75) is 187 Å². The SMILES string of the molecule is CC[C@H](C)[C@H](NC(=O)[C@H](Cc1cnc[nH]1)NC(=O)[C@@H]1CCCN1C(=O)[C@@H]1CCCN1C(=O)[C@H](CC(C)C)NC(=O)[C@@H](N)CC(N)=O)C(=O)N[C@H](C(=O)N[C@@H](CCCN=C(N)N)C(=O)N[C@@H](CC(C)C)C(=O)O)[C@@H](C)CC. The van der Waals surface area contributed by atoms with Crippen LogP contribution in [0.5, 0.6) is 0 Å². The van der Waals surface area contributed by atoms with Gasteiger partial charge in [0, 0.05) is 37.9 Å². The van der Waals surface area contributed by atoms with Crippen LogP contribution in [0.4, 0.5) is 0 Å². The molecule has 2 fully saturated rings. The molecule has 0 saturated carbocycles. The number of aliphatic carboxylic acids is 1. The van der Waals surface area contributed by atoms with Gasteiger partial charge in [-0.15, -0.1) is 0 Å². The highest BCUT2D eigenvalue weighted by atomic mass is 16.4. The number of amides is 9. The van der Waals surface area contributed by atoms with Crippen molar-refractivity contribution in [1.29, 1.82) is 0 Å². The normalized spacial score (nSPS) is 18.9. The Morgan fingerprint density at radius 3 is 1.76 bits per heavy atom. The Balaban J connectivity index is 1.87. The van der Waals surface area contributed by atoms with E-state index in [2.05, 4.69) is 46.9 Å². The Morgan fingerprint density at radius 1 is 0.697 bits per heavy atom. The number of likely N-dealkylation sites (tertiary alicyclic amines) is 2. The van der Waals surface area contributed by atoms with Crippen molar-refractivity contribution in [2.75, 3.05) is 19.6 Å². The number of nitrogens with zero attached hydrogens (tertiary/aromatic N) is 4. The van der Waals surface area contributed by atoms with Crippen LogP contribution in [0.25, 0.3) is 0 Å². The lowest BCUT2D eigenvalue weighted by molar-refractivity contribution is -0.148. The van der Waals surface area contributed by atoms with Gasteiger partial charge in [-0.2, -0.15) is 0 Å². The van der Waals surface area contributed by atoms with Gasteiger partial charge >= 0.3 is 5.97 Å². The number of rotatable bonds is 31. The Kier molecular flexibility index (Phi) is 25.6. The number of aliphatic imine (C=N–C) groups is 1. The minimum absolute atomic E-state index is 0.0154. The number of nitrogens with two attached hydrogens (primary N) is 4. The van der Waals surface area contributed by atoms with E-state index in [0.717, 1.165) is 0 Å². The van der Waals surface area contributed by atoms with E-state index < -0.39 is 132 Å². The zero-order valence-corrected chi connectivity index (χ0v) is 45.4. The maximum Gasteiger partial charge on any atom is 0.326 e. The van der Waals surface area contributed by atoms with Crippen molar-refractivity contribution in [3.05, 3.63) is 18.2 Å². The molecule has 2 saturated heterocycles. The molecular formula is C50H85N15O11. The average Bonchev–Trinajstić information content (AvgIpc) is 4.17. The molecule has 0 radical (unpaired) electrons. The van der Waals surface area contributed by atoms with Crippen LogP contribution in [0.3, 0.4) is 0 Å². The molecule has 1 aromatic heterocycles. The quantitative estimate of drug-likeness (QED) is 0.0226. The number of carboxylic acid groups (broad SMARTS) is 1. The Hall–Kier alpha value is -6.86. The summed E-state index contributed by atoms with van der Waals surface area (Å²) in [6.45, 7) is 14.9. The van der Waals surface area contributed by atoms with Crippen molar-refractivity contribution in [2.24, 2.45) is 51.6 Å². The number of carboxylic acids is 1. The molecule has 0 aromatic carbocycles. The van der Waals surface area contributed by atoms with Crippen LogP contribution in [0.1, 0.15) is 132 Å². The van der Waals surface area contributed by atoms with Crippen LogP contribution in [-0.4, -0.2) is 164 Å². The third-order valence-electron chi connectivity index (χ3n) is 13.8. The maximum absolute atomic E-state index is 14.5. The monoisotopic (exact) mass is 1070 g/mol. The Labute approximate surface area is 444 Å². The molecule has 26 heteroatoms. The van der Waals surface area contributed by atoms with Crippen LogP contribution in [0, 0.1) is 23.7 Å². The number of primary amides is 1. The molecule has 11 atom stereocenters. The van der Waals surface area contributed by atoms with Gasteiger partial charge < -0.3 is 74.7 Å². The number of aromatic nitrogens is 2. The maximum atomic E-state index is 14.5. The van der Waals surface area contributed by atoms with Gasteiger partial charge in [0.1, 0.15) is 48.3 Å². The first kappa shape index (κ1) is 63.4. The topological polar surface area (TPSA) is 415 Å². The van der Waals surface area contributed by atoms with Gasteiger partial charge in [0.05, 0.1) is 18.8 Å². The number of H-pyrrole nitrogens is 1. The van der Waals surface area contributed by atoms with Crippen LogP contribution < -0.4 is 54.8 Å². The molecule has 16 N–H and O–H groups in total. The average molecular weight is 1070 g/mol. The van der Waals surface area contributed by atoms with E-state index in [1.807, 2.05) is 20.8 Å². The molecule has 0 bridgehead atoms. The van der Waals surface area contributed by atoms with E-state index in [1.165, 1.54) is 22.3 Å². The summed E-state index contributed by atoms with van der Waals surface area (Å²) in [4.78, 5) is 150. The minimum Gasteiger partial charge on any atom is -0.480 e. The Bertz CT molecular complexity index is 2190. The van der Waals surface area contributed by atoms with Gasteiger partial charge in [-0.3, -0.25) is 48.1 Å². The third-order valence-corrected chi connectivity index (χ3v) is 13.8. The van der Waals surface area contributed by atoms with E-state index in [-0.39, 0.29) is 76.0 Å². The van der Waals surface area contributed by atoms with Gasteiger partial charge in [-0.25, -0.2) is 9.78 Å². The van der Waals surface area contributed by atoms with E-state index in [0.29, 0.717) is 37.8 Å². The lowest BCUT2D eigenvalue weighted by Gasteiger charge is -2.34. The van der Waals surface area contributed by atoms with Crippen LogP contribution in [0.2, 0.25) is 0 Å². The molecule has 0 unspecified atom stereocenters. The summed E-state index contributed by atoms with van der Waals surface area (Å²) >= 11 is 0. The smallest absolute Gasteiger partial charge is 0.326 e. The predicted octanol–water partition coefficient (Wildman–Crippen LogP) is -1.63. The second-order valence-electron chi connectivity index (χ2n) is 21.0. The summed E-state index contributed by atoms with van der Waals surface area (Å²) in [7, 11) is 0. The molecule has 26 nitrogen and oxygen atoms in total. The molecule has 76 heavy (non-hydrogen) atoms. The molecule has 2 aliphatic heterocycles. The number of hydrogen-bond acceptors (Lipinski definition) is 13. The van der Waals surface area contributed by atoms with Gasteiger partial charge in [-0.05, 0) is 75.0 Å². The summed E-state index contributed by atoms with van der Waals surface area (Å²) in [6, 6.07) is -10.6. The molecule has 9 amide bonds. The summed E-state index contributed by atoms with van der Waals surface area (Å²) in [5.74, 6) is -8.70. The third kappa shape index (κ3) is 19.4. The Morgan fingerprint density at radius 2 is 1.22 bits per heavy atom. The number of imidazole rings is 1. The number of carbonyl (C=O) groups excluding carboxylic acids is 9. The number of nitrogens with one attached hydrogen (secondary N) is 7. The first-order valence-corrected chi connectivity index (χ1v) is 26.5. The summed E-state index contributed by atoms with van der Waals surface area (Å²) in [5.41, 5.74) is 22.5. The largest absolute Gasteiger partial charge is 0.480 e. The van der Waals surface area contributed by atoms with Gasteiger partial charge in [-0.1, -0.05) is 68.2 Å². The van der Waals surface area contributed by atoms with E-state index >= 15 is 0 Å². The number of hydrogen-bond donors (Lipinski definition) is 12. The highest BCUT2D eigenvalue weighted by Crippen LogP contribution is 2.27. The fourth-order valence-corrected chi connectivity index (χ4v) is 9.26. The second kappa shape index (κ2) is 30.6. The van der Waals surface area contributed by atoms with E-state index in [1.54, 1.807) is 34.6 Å². The summed E-state index contributed by atoms with van der Waals surface area (Å²) in [6.07, 6.45) is 5.17. The van der Waals surface area contributed by atoms with Crippen LogP contribution in [0.15, 0.2) is 17.5 Å². The van der Waals surface area contributed by atoms with Gasteiger partial charge in [0.25, 0.3) is 0 Å².